The smallest absolute Gasteiger partial charge is 0.263 e. The van der Waals surface area contributed by atoms with E-state index < -0.39 is 0 Å². The van der Waals surface area contributed by atoms with Crippen molar-refractivity contribution in [2.24, 2.45) is 0 Å². The van der Waals surface area contributed by atoms with E-state index >= 15 is 0 Å². The summed E-state index contributed by atoms with van der Waals surface area (Å²) >= 11 is 6.16. The average molecular weight is 356 g/mol. The molecule has 1 N–H and O–H groups in total. The van der Waals surface area contributed by atoms with E-state index in [1.54, 1.807) is 10.9 Å². The Hall–Kier alpha value is -2.79. The first-order chi connectivity index (χ1) is 12.1. The summed E-state index contributed by atoms with van der Waals surface area (Å²) in [6.45, 7) is 2.40. The molecule has 2 aromatic carbocycles. The standard InChI is InChI=1S/C19H18ClN3O2/c1-14-7-5-6-10-17(14)25-13-18(24)21-19-16(20)12-23(22-19)11-15-8-3-2-4-9-15/h2-10,12H,11,13H2,1H3,(H,21,22,24). The molecule has 3 rings (SSSR count). The van der Waals surface area contributed by atoms with E-state index in [0.717, 1.165) is 11.1 Å². The maximum Gasteiger partial charge on any atom is 0.263 e. The maximum atomic E-state index is 12.1. The number of rotatable bonds is 6. The van der Waals surface area contributed by atoms with Crippen LogP contribution >= 0.6 is 11.6 Å². The lowest BCUT2D eigenvalue weighted by molar-refractivity contribution is -0.118. The highest BCUT2D eigenvalue weighted by molar-refractivity contribution is 6.33. The van der Waals surface area contributed by atoms with Crippen LogP contribution in [0, 0.1) is 6.92 Å². The fourth-order valence-corrected chi connectivity index (χ4v) is 2.56. The van der Waals surface area contributed by atoms with Crippen molar-refractivity contribution in [2.75, 3.05) is 11.9 Å². The number of nitrogens with zero attached hydrogens (tertiary/aromatic N) is 2. The number of hydrogen-bond donors (Lipinski definition) is 1. The SMILES string of the molecule is Cc1ccccc1OCC(=O)Nc1nn(Cc2ccccc2)cc1Cl. The van der Waals surface area contributed by atoms with E-state index in [-0.39, 0.29) is 12.5 Å². The van der Waals surface area contributed by atoms with Gasteiger partial charge in [0.2, 0.25) is 0 Å². The van der Waals surface area contributed by atoms with Crippen LogP contribution in [0.4, 0.5) is 5.82 Å². The van der Waals surface area contributed by atoms with Crippen LogP contribution in [0.15, 0.2) is 60.8 Å². The van der Waals surface area contributed by atoms with Crippen LogP contribution in [-0.2, 0) is 11.3 Å². The maximum absolute atomic E-state index is 12.1. The van der Waals surface area contributed by atoms with E-state index in [1.165, 1.54) is 0 Å². The van der Waals surface area contributed by atoms with E-state index in [9.17, 15) is 4.79 Å². The number of nitrogens with one attached hydrogen (secondary N) is 1. The summed E-state index contributed by atoms with van der Waals surface area (Å²) in [5, 5.41) is 7.38. The number of aryl methyl sites for hydroxylation is 1. The Morgan fingerprint density at radius 3 is 2.64 bits per heavy atom. The zero-order chi connectivity index (χ0) is 17.6. The minimum Gasteiger partial charge on any atom is -0.483 e. The summed E-state index contributed by atoms with van der Waals surface area (Å²) in [6.07, 6.45) is 1.69. The Bertz CT molecular complexity index is 862. The van der Waals surface area contributed by atoms with Gasteiger partial charge in [-0.3, -0.25) is 9.48 Å². The van der Waals surface area contributed by atoms with Gasteiger partial charge in [0.15, 0.2) is 12.4 Å². The normalized spacial score (nSPS) is 10.5. The van der Waals surface area contributed by atoms with Crippen LogP contribution in [0.1, 0.15) is 11.1 Å². The second kappa shape index (κ2) is 7.85. The van der Waals surface area contributed by atoms with Crippen molar-refractivity contribution in [1.29, 1.82) is 0 Å². The third-order valence-electron chi connectivity index (χ3n) is 3.61. The number of ether oxygens (including phenoxy) is 1. The van der Waals surface area contributed by atoms with Crippen LogP contribution in [0.5, 0.6) is 5.75 Å². The highest BCUT2D eigenvalue weighted by Gasteiger charge is 2.12. The first-order valence-electron chi connectivity index (χ1n) is 7.87. The number of carbonyl (C=O) groups is 1. The number of amides is 1. The van der Waals surface area contributed by atoms with Gasteiger partial charge >= 0.3 is 0 Å². The first-order valence-corrected chi connectivity index (χ1v) is 8.25. The third-order valence-corrected chi connectivity index (χ3v) is 3.89. The molecule has 1 amide bonds. The largest absolute Gasteiger partial charge is 0.483 e. The number of para-hydroxylation sites is 1. The zero-order valence-electron chi connectivity index (χ0n) is 13.8. The van der Waals surface area contributed by atoms with E-state index in [4.69, 9.17) is 16.3 Å². The summed E-state index contributed by atoms with van der Waals surface area (Å²) in [7, 11) is 0. The quantitative estimate of drug-likeness (QED) is 0.729. The van der Waals surface area contributed by atoms with Gasteiger partial charge in [0, 0.05) is 6.20 Å². The molecule has 0 aliphatic rings. The third kappa shape index (κ3) is 4.61. The van der Waals surface area contributed by atoms with Crippen LogP contribution in [0.3, 0.4) is 0 Å². The predicted octanol–water partition coefficient (Wildman–Crippen LogP) is 3.91. The van der Waals surface area contributed by atoms with Crippen molar-refractivity contribution in [1.82, 2.24) is 9.78 Å². The Morgan fingerprint density at radius 1 is 1.16 bits per heavy atom. The highest BCUT2D eigenvalue weighted by atomic mass is 35.5. The lowest BCUT2D eigenvalue weighted by atomic mass is 10.2. The molecule has 0 aliphatic carbocycles. The topological polar surface area (TPSA) is 56.1 Å². The Kier molecular flexibility index (Phi) is 5.36. The number of benzene rings is 2. The fourth-order valence-electron chi connectivity index (χ4n) is 2.36. The molecule has 0 radical (unpaired) electrons. The molecule has 25 heavy (non-hydrogen) atoms. The molecule has 0 saturated carbocycles. The van der Waals surface area contributed by atoms with Gasteiger partial charge in [-0.25, -0.2) is 0 Å². The molecule has 0 aliphatic heterocycles. The molecule has 0 fully saturated rings. The van der Waals surface area contributed by atoms with Gasteiger partial charge in [0.05, 0.1) is 6.54 Å². The number of anilines is 1. The van der Waals surface area contributed by atoms with Crippen molar-refractivity contribution in [3.63, 3.8) is 0 Å². The molecule has 0 unspecified atom stereocenters. The van der Waals surface area contributed by atoms with Gasteiger partial charge < -0.3 is 10.1 Å². The monoisotopic (exact) mass is 355 g/mol. The van der Waals surface area contributed by atoms with Gasteiger partial charge in [-0.2, -0.15) is 5.10 Å². The number of aromatic nitrogens is 2. The molecule has 0 saturated heterocycles. The molecule has 3 aromatic rings. The van der Waals surface area contributed by atoms with Crippen molar-refractivity contribution in [2.45, 2.75) is 13.5 Å². The Balaban J connectivity index is 1.59. The van der Waals surface area contributed by atoms with Crippen molar-refractivity contribution >= 4 is 23.3 Å². The molecule has 0 spiro atoms. The minimum atomic E-state index is -0.310. The lowest BCUT2D eigenvalue weighted by Crippen LogP contribution is -2.21. The number of hydrogen-bond acceptors (Lipinski definition) is 3. The van der Waals surface area contributed by atoms with Gasteiger partial charge in [0.1, 0.15) is 10.8 Å². The molecule has 128 valence electrons. The van der Waals surface area contributed by atoms with Gasteiger partial charge in [-0.05, 0) is 24.1 Å². The summed E-state index contributed by atoms with van der Waals surface area (Å²) in [5.74, 6) is 0.699. The van der Waals surface area contributed by atoms with Crippen LogP contribution in [0.2, 0.25) is 5.02 Å². The second-order valence-corrected chi connectivity index (χ2v) is 6.02. The lowest BCUT2D eigenvalue weighted by Gasteiger charge is -2.08. The molecule has 1 aromatic heterocycles. The molecular weight excluding hydrogens is 338 g/mol. The molecule has 0 bridgehead atoms. The van der Waals surface area contributed by atoms with E-state index in [2.05, 4.69) is 10.4 Å². The zero-order valence-corrected chi connectivity index (χ0v) is 14.5. The minimum absolute atomic E-state index is 0.104. The molecule has 5 nitrogen and oxygen atoms in total. The average Bonchev–Trinajstić information content (AvgIpc) is 2.94. The highest BCUT2D eigenvalue weighted by Crippen LogP contribution is 2.20. The Labute approximate surface area is 151 Å². The van der Waals surface area contributed by atoms with Crippen molar-refractivity contribution in [3.05, 3.63) is 76.9 Å². The van der Waals surface area contributed by atoms with E-state index in [1.807, 2.05) is 61.5 Å². The molecular formula is C19H18ClN3O2. The van der Waals surface area contributed by atoms with Crippen LogP contribution in [0.25, 0.3) is 0 Å². The van der Waals surface area contributed by atoms with Gasteiger partial charge in [-0.1, -0.05) is 60.1 Å². The molecule has 1 heterocycles. The molecule has 6 heteroatoms. The number of halogens is 1. The summed E-state index contributed by atoms with van der Waals surface area (Å²) in [6, 6.07) is 17.4. The van der Waals surface area contributed by atoms with E-state index in [0.29, 0.717) is 23.1 Å². The van der Waals surface area contributed by atoms with Crippen LogP contribution < -0.4 is 10.1 Å². The fraction of sp³-hybridized carbons (Fsp3) is 0.158. The summed E-state index contributed by atoms with van der Waals surface area (Å²) in [5.41, 5.74) is 2.07. The first kappa shape index (κ1) is 17.0. The Morgan fingerprint density at radius 2 is 1.88 bits per heavy atom. The van der Waals surface area contributed by atoms with Gasteiger partial charge in [0.25, 0.3) is 5.91 Å². The van der Waals surface area contributed by atoms with Crippen LogP contribution in [-0.4, -0.2) is 22.3 Å². The predicted molar refractivity (Wildman–Crippen MR) is 98.1 cm³/mol. The second-order valence-electron chi connectivity index (χ2n) is 5.61. The summed E-state index contributed by atoms with van der Waals surface area (Å²) in [4.78, 5) is 12.1. The summed E-state index contributed by atoms with van der Waals surface area (Å²) < 4.78 is 7.21. The van der Waals surface area contributed by atoms with Gasteiger partial charge in [-0.15, -0.1) is 0 Å². The van der Waals surface area contributed by atoms with Crippen molar-refractivity contribution in [3.8, 4) is 5.75 Å². The molecule has 0 atom stereocenters. The van der Waals surface area contributed by atoms with Crippen molar-refractivity contribution < 1.29 is 9.53 Å². The number of carbonyl (C=O) groups excluding carboxylic acids is 1.